The molecule has 0 spiro atoms. The van der Waals surface area contributed by atoms with Crippen LogP contribution in [-0.2, 0) is 11.3 Å². The Labute approximate surface area is 158 Å². The summed E-state index contributed by atoms with van der Waals surface area (Å²) >= 11 is 0. The third-order valence-corrected chi connectivity index (χ3v) is 5.05. The Bertz CT molecular complexity index is 903. The van der Waals surface area contributed by atoms with Crippen molar-refractivity contribution in [2.75, 3.05) is 40.0 Å². The zero-order chi connectivity index (χ0) is 18.6. The summed E-state index contributed by atoms with van der Waals surface area (Å²) in [4.78, 5) is 2.22. The van der Waals surface area contributed by atoms with Crippen LogP contribution in [0.2, 0.25) is 0 Å². The quantitative estimate of drug-likeness (QED) is 0.725. The van der Waals surface area contributed by atoms with Crippen LogP contribution in [0.4, 0.5) is 0 Å². The fourth-order valence-electron chi connectivity index (χ4n) is 3.63. The van der Waals surface area contributed by atoms with Gasteiger partial charge in [-0.05, 0) is 12.1 Å². The lowest BCUT2D eigenvalue weighted by Crippen LogP contribution is -2.38. The molecule has 1 aliphatic heterocycles. The van der Waals surface area contributed by atoms with Crippen molar-refractivity contribution in [3.8, 4) is 5.75 Å². The highest BCUT2D eigenvalue weighted by atomic mass is 16.5. The van der Waals surface area contributed by atoms with E-state index < -0.39 is 6.10 Å². The minimum Gasteiger partial charge on any atom is -0.496 e. The first-order valence-corrected chi connectivity index (χ1v) is 9.32. The number of nitrogens with zero attached hydrogens (tertiary/aromatic N) is 3. The highest BCUT2D eigenvalue weighted by Crippen LogP contribution is 2.27. The van der Waals surface area contributed by atoms with Gasteiger partial charge in [0.15, 0.2) is 0 Å². The summed E-state index contributed by atoms with van der Waals surface area (Å²) in [5.74, 6) is 0.840. The van der Waals surface area contributed by atoms with Crippen LogP contribution in [0.25, 0.3) is 10.9 Å². The second kappa shape index (κ2) is 8.08. The van der Waals surface area contributed by atoms with Gasteiger partial charge in [-0.2, -0.15) is 5.10 Å². The summed E-state index contributed by atoms with van der Waals surface area (Å²) in [6.07, 6.45) is -0.632. The molecule has 0 radical (unpaired) electrons. The molecule has 3 aromatic rings. The maximum absolute atomic E-state index is 10.9. The number of aromatic nitrogens is 2. The first-order valence-electron chi connectivity index (χ1n) is 9.32. The molecule has 27 heavy (non-hydrogen) atoms. The summed E-state index contributed by atoms with van der Waals surface area (Å²) in [5, 5.41) is 16.6. The van der Waals surface area contributed by atoms with E-state index in [4.69, 9.17) is 14.6 Å². The molecule has 1 unspecified atom stereocenters. The number of hydrogen-bond donors (Lipinski definition) is 1. The highest BCUT2D eigenvalue weighted by molar-refractivity contribution is 5.82. The Balaban J connectivity index is 1.64. The molecule has 2 heterocycles. The van der Waals surface area contributed by atoms with Gasteiger partial charge in [-0.3, -0.25) is 9.58 Å². The van der Waals surface area contributed by atoms with Crippen LogP contribution in [0.1, 0.15) is 17.4 Å². The number of ether oxygens (including phenoxy) is 2. The van der Waals surface area contributed by atoms with Crippen LogP contribution in [0.5, 0.6) is 5.75 Å². The predicted molar refractivity (Wildman–Crippen MR) is 104 cm³/mol. The van der Waals surface area contributed by atoms with Crippen LogP contribution in [0, 0.1) is 0 Å². The molecular weight excluding hydrogens is 342 g/mol. The number of hydrogen-bond acceptors (Lipinski definition) is 5. The van der Waals surface area contributed by atoms with E-state index in [0.717, 1.165) is 54.2 Å². The molecule has 1 saturated heterocycles. The molecule has 0 aliphatic carbocycles. The lowest BCUT2D eigenvalue weighted by atomic mass is 10.1. The monoisotopic (exact) mass is 367 g/mol. The lowest BCUT2D eigenvalue weighted by molar-refractivity contribution is 0.0137. The number of β-amino-alcohol motifs (C(OH)–C–C–N with tert-alkyl or cyclic N) is 1. The summed E-state index contributed by atoms with van der Waals surface area (Å²) in [5.41, 5.74) is 2.80. The molecule has 2 aromatic carbocycles. The van der Waals surface area contributed by atoms with E-state index in [-0.39, 0.29) is 0 Å². The van der Waals surface area contributed by atoms with E-state index in [0.29, 0.717) is 13.1 Å². The molecule has 6 nitrogen and oxygen atoms in total. The van der Waals surface area contributed by atoms with Gasteiger partial charge in [0.25, 0.3) is 0 Å². The second-order valence-corrected chi connectivity index (χ2v) is 6.80. The zero-order valence-electron chi connectivity index (χ0n) is 15.5. The van der Waals surface area contributed by atoms with Crippen LogP contribution in [0.3, 0.4) is 0 Å². The normalized spacial score (nSPS) is 16.5. The maximum Gasteiger partial charge on any atom is 0.123 e. The number of rotatable bonds is 6. The van der Waals surface area contributed by atoms with Gasteiger partial charge in [-0.25, -0.2) is 0 Å². The van der Waals surface area contributed by atoms with Gasteiger partial charge in [0.05, 0.1) is 32.4 Å². The molecule has 0 saturated carbocycles. The molecule has 1 atom stereocenters. The van der Waals surface area contributed by atoms with E-state index in [1.165, 1.54) is 0 Å². The van der Waals surface area contributed by atoms with E-state index in [2.05, 4.69) is 4.90 Å². The van der Waals surface area contributed by atoms with E-state index in [1.807, 2.05) is 53.2 Å². The zero-order valence-corrected chi connectivity index (χ0v) is 15.5. The highest BCUT2D eigenvalue weighted by Gasteiger charge is 2.22. The average Bonchev–Trinajstić information content (AvgIpc) is 3.08. The molecule has 4 rings (SSSR count). The van der Waals surface area contributed by atoms with Crippen LogP contribution < -0.4 is 4.74 Å². The topological polar surface area (TPSA) is 59.8 Å². The van der Waals surface area contributed by atoms with Crippen LogP contribution in [0.15, 0.2) is 48.5 Å². The Hall–Kier alpha value is -2.41. The molecule has 1 N–H and O–H groups in total. The van der Waals surface area contributed by atoms with Crippen LogP contribution >= 0.6 is 0 Å². The van der Waals surface area contributed by atoms with Gasteiger partial charge in [-0.15, -0.1) is 0 Å². The summed E-state index contributed by atoms with van der Waals surface area (Å²) in [6, 6.07) is 16.0. The minimum atomic E-state index is -0.632. The predicted octanol–water partition coefficient (Wildman–Crippen LogP) is 2.46. The maximum atomic E-state index is 10.9. The fourth-order valence-corrected chi connectivity index (χ4v) is 3.63. The molecular formula is C21H25N3O3. The standard InChI is InChI=1S/C21H25N3O3/c1-26-20-9-5-2-6-16(20)14-24-18-8-4-3-7-17(18)21(22-24)19(25)15-23-10-12-27-13-11-23/h2-9,19,25H,10-15H2,1H3. The first kappa shape index (κ1) is 18.0. The molecule has 1 aromatic heterocycles. The molecule has 6 heteroatoms. The Morgan fingerprint density at radius 3 is 2.67 bits per heavy atom. The average molecular weight is 367 g/mol. The van der Waals surface area contributed by atoms with Gasteiger partial charge in [-0.1, -0.05) is 36.4 Å². The largest absolute Gasteiger partial charge is 0.496 e. The van der Waals surface area contributed by atoms with Crippen molar-refractivity contribution in [2.24, 2.45) is 0 Å². The summed E-state index contributed by atoms with van der Waals surface area (Å²) in [6.45, 7) is 4.28. The van der Waals surface area contributed by atoms with Crippen molar-refractivity contribution in [1.29, 1.82) is 0 Å². The van der Waals surface area contributed by atoms with Crippen molar-refractivity contribution in [3.05, 3.63) is 59.8 Å². The number of aliphatic hydroxyl groups excluding tert-OH is 1. The molecule has 142 valence electrons. The summed E-state index contributed by atoms with van der Waals surface area (Å²) in [7, 11) is 1.68. The third kappa shape index (κ3) is 3.83. The van der Waals surface area contributed by atoms with Crippen LogP contribution in [-0.4, -0.2) is 59.7 Å². The Kier molecular flexibility index (Phi) is 5.38. The van der Waals surface area contributed by atoms with Crippen molar-refractivity contribution in [2.45, 2.75) is 12.6 Å². The summed E-state index contributed by atoms with van der Waals surface area (Å²) < 4.78 is 12.8. The van der Waals surface area contributed by atoms with E-state index in [9.17, 15) is 5.11 Å². The Morgan fingerprint density at radius 1 is 1.11 bits per heavy atom. The SMILES string of the molecule is COc1ccccc1Cn1nc(C(O)CN2CCOCC2)c2ccccc21. The van der Waals surface area contributed by atoms with Crippen molar-refractivity contribution >= 4 is 10.9 Å². The van der Waals surface area contributed by atoms with Gasteiger partial charge >= 0.3 is 0 Å². The van der Waals surface area contributed by atoms with Crippen molar-refractivity contribution in [3.63, 3.8) is 0 Å². The van der Waals surface area contributed by atoms with E-state index in [1.54, 1.807) is 7.11 Å². The van der Waals surface area contributed by atoms with Crippen molar-refractivity contribution in [1.82, 2.24) is 14.7 Å². The number of aliphatic hydroxyl groups is 1. The number of para-hydroxylation sites is 2. The van der Waals surface area contributed by atoms with Gasteiger partial charge in [0.1, 0.15) is 17.5 Å². The third-order valence-electron chi connectivity index (χ3n) is 5.05. The lowest BCUT2D eigenvalue weighted by Gasteiger charge is -2.28. The number of fused-ring (bicyclic) bond motifs is 1. The molecule has 0 bridgehead atoms. The molecule has 1 aliphatic rings. The van der Waals surface area contributed by atoms with Crippen molar-refractivity contribution < 1.29 is 14.6 Å². The smallest absolute Gasteiger partial charge is 0.123 e. The molecule has 1 fully saturated rings. The number of morpholine rings is 1. The number of methoxy groups -OCH3 is 1. The van der Waals surface area contributed by atoms with E-state index >= 15 is 0 Å². The van der Waals surface area contributed by atoms with Gasteiger partial charge in [0, 0.05) is 30.6 Å². The fraction of sp³-hybridized carbons (Fsp3) is 0.381. The first-order chi connectivity index (χ1) is 13.3. The molecule has 0 amide bonds. The van der Waals surface area contributed by atoms with Gasteiger partial charge in [0.2, 0.25) is 0 Å². The minimum absolute atomic E-state index is 0.568. The number of benzene rings is 2. The Morgan fingerprint density at radius 2 is 1.85 bits per heavy atom. The second-order valence-electron chi connectivity index (χ2n) is 6.80. The van der Waals surface area contributed by atoms with Gasteiger partial charge < -0.3 is 14.6 Å².